The number of thiazole rings is 1. The number of fused-ring (bicyclic) bond motifs is 1. The Balaban J connectivity index is 1.38. The molecule has 3 aromatic heterocycles. The van der Waals surface area contributed by atoms with Crippen molar-refractivity contribution in [2.24, 2.45) is 0 Å². The van der Waals surface area contributed by atoms with Crippen LogP contribution in [0.15, 0.2) is 73.2 Å². The van der Waals surface area contributed by atoms with E-state index in [-0.39, 0.29) is 0 Å². The molecule has 4 heterocycles. The predicted octanol–water partition coefficient (Wildman–Crippen LogP) is 5.56. The molecule has 5 rings (SSSR count). The highest BCUT2D eigenvalue weighted by molar-refractivity contribution is 7.13. The third kappa shape index (κ3) is 4.26. The average molecular weight is 426 g/mol. The number of nitrogens with zero attached hydrogens (tertiary/aromatic N) is 4. The van der Waals surface area contributed by atoms with Gasteiger partial charge in [-0.1, -0.05) is 24.8 Å². The van der Waals surface area contributed by atoms with Gasteiger partial charge in [0, 0.05) is 48.3 Å². The number of anilines is 1. The van der Waals surface area contributed by atoms with Crippen LogP contribution in [0.3, 0.4) is 0 Å². The van der Waals surface area contributed by atoms with Crippen LogP contribution >= 0.6 is 11.3 Å². The number of rotatable bonds is 5. The van der Waals surface area contributed by atoms with E-state index in [1.165, 1.54) is 5.57 Å². The van der Waals surface area contributed by atoms with E-state index in [2.05, 4.69) is 75.2 Å². The van der Waals surface area contributed by atoms with E-state index in [1.807, 2.05) is 30.2 Å². The van der Waals surface area contributed by atoms with E-state index < -0.39 is 0 Å². The summed E-state index contributed by atoms with van der Waals surface area (Å²) in [5.74, 6) is 0.774. The van der Waals surface area contributed by atoms with Gasteiger partial charge in [-0.15, -0.1) is 11.3 Å². The highest BCUT2D eigenvalue weighted by Crippen LogP contribution is 2.29. The molecule has 5 nitrogen and oxygen atoms in total. The highest BCUT2D eigenvalue weighted by atomic mass is 32.1. The molecule has 0 fully saturated rings. The maximum absolute atomic E-state index is 4.58. The van der Waals surface area contributed by atoms with Crippen LogP contribution in [-0.2, 0) is 0 Å². The topological polar surface area (TPSA) is 53.9 Å². The van der Waals surface area contributed by atoms with Crippen molar-refractivity contribution in [2.75, 3.05) is 25.5 Å². The Morgan fingerprint density at radius 3 is 2.84 bits per heavy atom. The molecule has 31 heavy (non-hydrogen) atoms. The van der Waals surface area contributed by atoms with Crippen molar-refractivity contribution < 1.29 is 0 Å². The van der Waals surface area contributed by atoms with Gasteiger partial charge >= 0.3 is 0 Å². The van der Waals surface area contributed by atoms with Crippen molar-refractivity contribution in [2.45, 2.75) is 6.42 Å². The van der Waals surface area contributed by atoms with Gasteiger partial charge in [-0.05, 0) is 54.3 Å². The lowest BCUT2D eigenvalue weighted by molar-refractivity contribution is 0.370. The molecule has 1 aliphatic rings. The van der Waals surface area contributed by atoms with Crippen molar-refractivity contribution in [1.82, 2.24) is 19.9 Å². The Morgan fingerprint density at radius 2 is 2.03 bits per heavy atom. The summed E-state index contributed by atoms with van der Waals surface area (Å²) in [5.41, 5.74) is 7.17. The average Bonchev–Trinajstić information content (AvgIpc) is 3.34. The molecule has 4 aromatic rings. The lowest BCUT2D eigenvalue weighted by Gasteiger charge is -2.21. The summed E-state index contributed by atoms with van der Waals surface area (Å²) in [5, 5.41) is 5.60. The van der Waals surface area contributed by atoms with Crippen LogP contribution in [0.2, 0.25) is 0 Å². The Bertz CT molecular complexity index is 1280. The molecule has 0 saturated heterocycles. The minimum Gasteiger partial charge on any atom is -0.340 e. The fourth-order valence-corrected chi connectivity index (χ4v) is 4.36. The van der Waals surface area contributed by atoms with Gasteiger partial charge in [-0.2, -0.15) is 0 Å². The van der Waals surface area contributed by atoms with Crippen molar-refractivity contribution in [3.05, 3.63) is 84.4 Å². The van der Waals surface area contributed by atoms with E-state index >= 15 is 0 Å². The maximum atomic E-state index is 4.58. The Hall–Kier alpha value is -3.35. The molecule has 0 bridgehead atoms. The highest BCUT2D eigenvalue weighted by Gasteiger charge is 2.12. The van der Waals surface area contributed by atoms with Gasteiger partial charge < -0.3 is 10.2 Å². The molecule has 0 atom stereocenters. The van der Waals surface area contributed by atoms with E-state index in [0.29, 0.717) is 0 Å². The zero-order valence-electron chi connectivity index (χ0n) is 17.4. The molecular weight excluding hydrogens is 402 g/mol. The first-order valence-corrected chi connectivity index (χ1v) is 11.1. The molecule has 0 saturated carbocycles. The first kappa shape index (κ1) is 19.6. The van der Waals surface area contributed by atoms with Gasteiger partial charge in [0.2, 0.25) is 0 Å². The monoisotopic (exact) mass is 425 g/mol. The van der Waals surface area contributed by atoms with E-state index in [9.17, 15) is 0 Å². The zero-order chi connectivity index (χ0) is 21.2. The standard InChI is InChI=1S/C25H23N5S/c1-17(19-5-8-27-23(12-19)18-6-9-30(2)10-7-18)29-25-13-22-11-20(24-15-26-16-31-24)3-4-21(22)14-28-25/h3-6,8,11-16H,1,7,9-10H2,2H3,(H,28,29). The van der Waals surface area contributed by atoms with E-state index in [1.54, 1.807) is 11.3 Å². The van der Waals surface area contributed by atoms with Crippen LogP contribution in [0.5, 0.6) is 0 Å². The predicted molar refractivity (Wildman–Crippen MR) is 130 cm³/mol. The molecule has 154 valence electrons. The molecular formula is C25H23N5S. The minimum absolute atomic E-state index is 0.774. The summed E-state index contributed by atoms with van der Waals surface area (Å²) in [6, 6.07) is 12.5. The quantitative estimate of drug-likeness (QED) is 0.454. The van der Waals surface area contributed by atoms with Crippen molar-refractivity contribution in [1.29, 1.82) is 0 Å². The second kappa shape index (κ2) is 8.41. The van der Waals surface area contributed by atoms with Gasteiger partial charge in [-0.3, -0.25) is 9.97 Å². The molecule has 1 aliphatic heterocycles. The summed E-state index contributed by atoms with van der Waals surface area (Å²) < 4.78 is 0. The third-order valence-electron chi connectivity index (χ3n) is 5.57. The fourth-order valence-electron chi connectivity index (χ4n) is 3.74. The third-order valence-corrected chi connectivity index (χ3v) is 6.39. The minimum atomic E-state index is 0.774. The molecule has 1 aromatic carbocycles. The van der Waals surface area contributed by atoms with Crippen LogP contribution in [-0.4, -0.2) is 40.0 Å². The number of pyridine rings is 2. The van der Waals surface area contributed by atoms with Crippen molar-refractivity contribution in [3.63, 3.8) is 0 Å². The van der Waals surface area contributed by atoms with Gasteiger partial charge in [0.1, 0.15) is 5.82 Å². The van der Waals surface area contributed by atoms with E-state index in [0.717, 1.165) is 63.5 Å². The van der Waals surface area contributed by atoms with Gasteiger partial charge in [0.25, 0.3) is 0 Å². The normalized spacial score (nSPS) is 14.4. The number of aromatic nitrogens is 3. The maximum Gasteiger partial charge on any atom is 0.130 e. The van der Waals surface area contributed by atoms with E-state index in [4.69, 9.17) is 0 Å². The summed E-state index contributed by atoms with van der Waals surface area (Å²) in [6.07, 6.45) is 8.92. The Labute approximate surface area is 185 Å². The van der Waals surface area contributed by atoms with Crippen LogP contribution in [0.25, 0.3) is 32.5 Å². The lowest BCUT2D eigenvalue weighted by Crippen LogP contribution is -2.23. The molecule has 0 amide bonds. The number of nitrogens with one attached hydrogen (secondary N) is 1. The molecule has 6 heteroatoms. The van der Waals surface area contributed by atoms with Gasteiger partial charge in [0.15, 0.2) is 0 Å². The van der Waals surface area contributed by atoms with Gasteiger partial charge in [-0.25, -0.2) is 4.98 Å². The van der Waals surface area contributed by atoms with Crippen molar-refractivity contribution >= 4 is 39.2 Å². The molecule has 0 aliphatic carbocycles. The summed E-state index contributed by atoms with van der Waals surface area (Å²) in [4.78, 5) is 16.8. The second-order valence-corrected chi connectivity index (χ2v) is 8.66. The first-order chi connectivity index (χ1) is 15.2. The largest absolute Gasteiger partial charge is 0.340 e. The van der Waals surface area contributed by atoms with Crippen molar-refractivity contribution in [3.8, 4) is 10.4 Å². The number of hydrogen-bond acceptors (Lipinski definition) is 6. The first-order valence-electron chi connectivity index (χ1n) is 10.2. The number of hydrogen-bond donors (Lipinski definition) is 1. The van der Waals surface area contributed by atoms with Crippen LogP contribution in [0.4, 0.5) is 5.82 Å². The Morgan fingerprint density at radius 1 is 1.10 bits per heavy atom. The fraction of sp³-hybridized carbons (Fsp3) is 0.160. The van der Waals surface area contributed by atoms with Crippen LogP contribution in [0.1, 0.15) is 17.7 Å². The Kier molecular flexibility index (Phi) is 5.32. The van der Waals surface area contributed by atoms with Gasteiger partial charge in [0.05, 0.1) is 16.1 Å². The summed E-state index contributed by atoms with van der Waals surface area (Å²) >= 11 is 1.64. The van der Waals surface area contributed by atoms with Crippen LogP contribution < -0.4 is 5.32 Å². The number of likely N-dealkylation sites (N-methyl/N-ethyl adjacent to an activating group) is 1. The smallest absolute Gasteiger partial charge is 0.130 e. The molecule has 0 radical (unpaired) electrons. The zero-order valence-corrected chi connectivity index (χ0v) is 18.2. The van der Waals surface area contributed by atoms with Crippen LogP contribution in [0, 0.1) is 0 Å². The second-order valence-electron chi connectivity index (χ2n) is 7.77. The summed E-state index contributed by atoms with van der Waals surface area (Å²) in [6.45, 7) is 6.26. The lowest BCUT2D eigenvalue weighted by atomic mass is 10.0. The molecule has 0 unspecified atom stereocenters. The molecule has 0 spiro atoms. The number of benzene rings is 1. The summed E-state index contributed by atoms with van der Waals surface area (Å²) in [7, 11) is 2.14. The SMILES string of the molecule is C=C(Nc1cc2cc(-c3cncs3)ccc2cn1)c1ccnc(C2=CCN(C)CC2)c1. The molecule has 1 N–H and O–H groups in total.